The minimum absolute atomic E-state index is 0.00960. The van der Waals surface area contributed by atoms with Crippen molar-refractivity contribution in [3.05, 3.63) is 53.7 Å². The van der Waals surface area contributed by atoms with Gasteiger partial charge in [-0.25, -0.2) is 0 Å². The quantitative estimate of drug-likeness (QED) is 0.720. The second-order valence-corrected chi connectivity index (χ2v) is 7.27. The Bertz CT molecular complexity index is 1070. The number of likely N-dealkylation sites (tertiary alicyclic amines) is 1. The van der Waals surface area contributed by atoms with Crippen LogP contribution >= 0.6 is 0 Å². The van der Waals surface area contributed by atoms with Gasteiger partial charge in [0.2, 0.25) is 0 Å². The van der Waals surface area contributed by atoms with Crippen LogP contribution in [0.2, 0.25) is 0 Å². The van der Waals surface area contributed by atoms with Crippen molar-refractivity contribution < 1.29 is 14.3 Å². The molecule has 2 aliphatic rings. The second-order valence-electron chi connectivity index (χ2n) is 7.27. The molecule has 0 unspecified atom stereocenters. The molecule has 5 rings (SSSR count). The third kappa shape index (κ3) is 2.89. The van der Waals surface area contributed by atoms with Crippen LogP contribution in [0.25, 0.3) is 10.9 Å². The van der Waals surface area contributed by atoms with Crippen molar-refractivity contribution in [2.75, 3.05) is 25.0 Å². The van der Waals surface area contributed by atoms with Crippen LogP contribution in [0.15, 0.2) is 42.5 Å². The number of hydrogen-bond donors (Lipinski definition) is 2. The number of amides is 2. The molecule has 0 bridgehead atoms. The number of hydrogen-bond acceptors (Lipinski definition) is 4. The number of benzene rings is 2. The Kier molecular flexibility index (Phi) is 4.00. The van der Waals surface area contributed by atoms with Gasteiger partial charge in [-0.1, -0.05) is 18.2 Å². The van der Waals surface area contributed by atoms with Crippen molar-refractivity contribution >= 4 is 28.4 Å². The van der Waals surface area contributed by atoms with Crippen molar-refractivity contribution in [1.29, 1.82) is 0 Å². The van der Waals surface area contributed by atoms with Gasteiger partial charge in [0, 0.05) is 30.0 Å². The average Bonchev–Trinajstić information content (AvgIpc) is 3.17. The molecule has 1 aromatic heterocycles. The number of aromatic nitrogens is 2. The van der Waals surface area contributed by atoms with E-state index < -0.39 is 0 Å². The predicted octanol–water partition coefficient (Wildman–Crippen LogP) is 2.91. The summed E-state index contributed by atoms with van der Waals surface area (Å²) in [5.41, 5.74) is 3.26. The number of para-hydroxylation sites is 1. The predicted molar refractivity (Wildman–Crippen MR) is 105 cm³/mol. The highest BCUT2D eigenvalue weighted by Gasteiger charge is 2.28. The van der Waals surface area contributed by atoms with Crippen LogP contribution in [0, 0.1) is 0 Å². The molecular formula is C21H20N4O3. The molecular weight excluding hydrogens is 356 g/mol. The lowest BCUT2D eigenvalue weighted by Gasteiger charge is -2.31. The lowest BCUT2D eigenvalue weighted by Crippen LogP contribution is -2.38. The zero-order valence-electron chi connectivity index (χ0n) is 15.3. The Morgan fingerprint density at radius 2 is 1.96 bits per heavy atom. The first-order chi connectivity index (χ1) is 13.7. The van der Waals surface area contributed by atoms with Crippen LogP contribution in [0.5, 0.6) is 5.75 Å². The van der Waals surface area contributed by atoms with E-state index in [1.807, 2.05) is 23.1 Å². The molecule has 1 saturated heterocycles. The smallest absolute Gasteiger partial charge is 0.262 e. The molecule has 0 spiro atoms. The molecule has 28 heavy (non-hydrogen) atoms. The number of rotatable bonds is 2. The molecule has 2 amide bonds. The van der Waals surface area contributed by atoms with Gasteiger partial charge in [-0.15, -0.1) is 0 Å². The number of piperidine rings is 1. The Morgan fingerprint density at radius 1 is 1.14 bits per heavy atom. The fourth-order valence-electron chi connectivity index (χ4n) is 4.05. The van der Waals surface area contributed by atoms with Crippen LogP contribution in [0.3, 0.4) is 0 Å². The van der Waals surface area contributed by atoms with Gasteiger partial charge in [0.15, 0.2) is 6.61 Å². The first-order valence-corrected chi connectivity index (χ1v) is 9.48. The Balaban J connectivity index is 1.30. The maximum absolute atomic E-state index is 12.9. The van der Waals surface area contributed by atoms with Crippen LogP contribution < -0.4 is 10.1 Å². The van der Waals surface area contributed by atoms with E-state index >= 15 is 0 Å². The Hall–Kier alpha value is -3.35. The minimum Gasteiger partial charge on any atom is -0.482 e. The molecule has 142 valence electrons. The van der Waals surface area contributed by atoms with Gasteiger partial charge in [-0.3, -0.25) is 14.7 Å². The largest absolute Gasteiger partial charge is 0.482 e. The summed E-state index contributed by atoms with van der Waals surface area (Å²) in [6.07, 6.45) is 1.76. The van der Waals surface area contributed by atoms with E-state index in [4.69, 9.17) is 4.74 Å². The van der Waals surface area contributed by atoms with Crippen LogP contribution in [0.4, 0.5) is 5.69 Å². The minimum atomic E-state index is -0.204. The van der Waals surface area contributed by atoms with E-state index in [1.165, 1.54) is 0 Å². The van der Waals surface area contributed by atoms with E-state index in [0.717, 1.165) is 29.4 Å². The van der Waals surface area contributed by atoms with Gasteiger partial charge in [0.1, 0.15) is 5.75 Å². The fourth-order valence-corrected chi connectivity index (χ4v) is 4.05. The van der Waals surface area contributed by atoms with Crippen molar-refractivity contribution in [3.8, 4) is 5.75 Å². The number of ether oxygens (including phenoxy) is 1. The Labute approximate surface area is 161 Å². The maximum atomic E-state index is 12.9. The number of fused-ring (bicyclic) bond motifs is 2. The zero-order chi connectivity index (χ0) is 19.1. The normalized spacial score (nSPS) is 17.1. The highest BCUT2D eigenvalue weighted by atomic mass is 16.5. The van der Waals surface area contributed by atoms with Gasteiger partial charge in [0.25, 0.3) is 11.8 Å². The topological polar surface area (TPSA) is 87.3 Å². The standard InChI is InChI=1S/C21H20N4O3/c26-19-12-28-18-6-5-14(11-17(18)22-19)21(27)25-9-7-13(8-10-25)20-15-3-1-2-4-16(15)23-24-20/h1-6,11,13H,7-10,12H2,(H,22,26)(H,23,24). The fraction of sp³-hybridized carbons (Fsp3) is 0.286. The molecule has 3 aromatic rings. The van der Waals surface area contributed by atoms with E-state index in [2.05, 4.69) is 21.6 Å². The van der Waals surface area contributed by atoms with Gasteiger partial charge in [-0.05, 0) is 37.1 Å². The summed E-state index contributed by atoms with van der Waals surface area (Å²) < 4.78 is 5.36. The summed E-state index contributed by atoms with van der Waals surface area (Å²) >= 11 is 0. The Morgan fingerprint density at radius 3 is 2.82 bits per heavy atom. The maximum Gasteiger partial charge on any atom is 0.262 e. The molecule has 3 heterocycles. The summed E-state index contributed by atoms with van der Waals surface area (Å²) in [7, 11) is 0. The monoisotopic (exact) mass is 376 g/mol. The number of H-pyrrole nitrogens is 1. The zero-order valence-corrected chi connectivity index (χ0v) is 15.3. The van der Waals surface area contributed by atoms with E-state index in [1.54, 1.807) is 18.2 Å². The highest BCUT2D eigenvalue weighted by Crippen LogP contribution is 2.33. The molecule has 0 aliphatic carbocycles. The summed E-state index contributed by atoms with van der Waals surface area (Å²) in [4.78, 5) is 26.3. The molecule has 0 atom stereocenters. The molecule has 2 N–H and O–H groups in total. The van der Waals surface area contributed by atoms with E-state index in [9.17, 15) is 9.59 Å². The summed E-state index contributed by atoms with van der Waals surface area (Å²) in [5.74, 6) is 0.716. The van der Waals surface area contributed by atoms with E-state index in [-0.39, 0.29) is 18.4 Å². The van der Waals surface area contributed by atoms with Crippen molar-refractivity contribution in [2.45, 2.75) is 18.8 Å². The molecule has 7 nitrogen and oxygen atoms in total. The summed E-state index contributed by atoms with van der Waals surface area (Å²) in [6, 6.07) is 13.3. The molecule has 0 saturated carbocycles. The number of aromatic amines is 1. The SMILES string of the molecule is O=C1COc2ccc(C(=O)N3CCC(c4n[nH]c5ccccc45)CC3)cc2N1. The number of carbonyl (C=O) groups excluding carboxylic acids is 2. The molecule has 0 radical (unpaired) electrons. The average molecular weight is 376 g/mol. The first-order valence-electron chi connectivity index (χ1n) is 9.48. The number of anilines is 1. The lowest BCUT2D eigenvalue weighted by atomic mass is 9.91. The van der Waals surface area contributed by atoms with Crippen LogP contribution in [-0.4, -0.2) is 46.6 Å². The molecule has 1 fully saturated rings. The van der Waals surface area contributed by atoms with E-state index in [0.29, 0.717) is 36.0 Å². The van der Waals surface area contributed by atoms with Gasteiger partial charge < -0.3 is 15.0 Å². The van der Waals surface area contributed by atoms with Gasteiger partial charge >= 0.3 is 0 Å². The van der Waals surface area contributed by atoms with Gasteiger partial charge in [-0.2, -0.15) is 5.10 Å². The van der Waals surface area contributed by atoms with Crippen LogP contribution in [-0.2, 0) is 4.79 Å². The summed E-state index contributed by atoms with van der Waals surface area (Å²) in [5, 5.41) is 11.5. The number of nitrogens with zero attached hydrogens (tertiary/aromatic N) is 2. The number of nitrogens with one attached hydrogen (secondary N) is 2. The highest BCUT2D eigenvalue weighted by molar-refractivity contribution is 6.00. The van der Waals surface area contributed by atoms with Gasteiger partial charge in [0.05, 0.1) is 16.9 Å². The lowest BCUT2D eigenvalue weighted by molar-refractivity contribution is -0.118. The molecule has 7 heteroatoms. The van der Waals surface area contributed by atoms with Crippen molar-refractivity contribution in [3.63, 3.8) is 0 Å². The van der Waals surface area contributed by atoms with Crippen molar-refractivity contribution in [2.24, 2.45) is 0 Å². The first kappa shape index (κ1) is 16.8. The third-order valence-corrected chi connectivity index (χ3v) is 5.53. The number of carbonyl (C=O) groups is 2. The molecule has 2 aliphatic heterocycles. The van der Waals surface area contributed by atoms with Crippen molar-refractivity contribution in [1.82, 2.24) is 15.1 Å². The summed E-state index contributed by atoms with van der Waals surface area (Å²) in [6.45, 7) is 1.38. The molecule has 2 aromatic carbocycles. The second kappa shape index (κ2) is 6.67. The third-order valence-electron chi connectivity index (χ3n) is 5.53. The van der Waals surface area contributed by atoms with Crippen LogP contribution in [0.1, 0.15) is 34.8 Å².